The van der Waals surface area contributed by atoms with Gasteiger partial charge in [-0.1, -0.05) is 0 Å². The van der Waals surface area contributed by atoms with Crippen molar-refractivity contribution < 1.29 is 13.9 Å². The first-order valence-electron chi connectivity index (χ1n) is 12.1. The molecule has 1 fully saturated rings. The molecule has 2 aliphatic heterocycles. The van der Waals surface area contributed by atoms with E-state index in [-0.39, 0.29) is 11.6 Å². The molecule has 0 saturated carbocycles. The molecule has 10 heteroatoms. The van der Waals surface area contributed by atoms with E-state index in [9.17, 15) is 4.39 Å². The number of ether oxygens (including phenoxy) is 2. The summed E-state index contributed by atoms with van der Waals surface area (Å²) in [6, 6.07) is 4.91. The predicted molar refractivity (Wildman–Crippen MR) is 133 cm³/mol. The number of rotatable bonds is 7. The number of aromatic nitrogens is 4. The summed E-state index contributed by atoms with van der Waals surface area (Å²) >= 11 is 0. The molecule has 2 aliphatic rings. The van der Waals surface area contributed by atoms with Crippen molar-refractivity contribution in [2.45, 2.75) is 25.3 Å². The van der Waals surface area contributed by atoms with Crippen LogP contribution in [0.15, 0.2) is 30.7 Å². The molecule has 1 aromatic carbocycles. The third-order valence-electron chi connectivity index (χ3n) is 6.63. The minimum atomic E-state index is -0.373. The number of nitrogens with one attached hydrogen (secondary N) is 1. The molecule has 4 heterocycles. The number of likely N-dealkylation sites (N-methyl/N-ethyl adjacent to an activating group) is 1. The van der Waals surface area contributed by atoms with Crippen molar-refractivity contribution in [3.05, 3.63) is 42.4 Å². The van der Waals surface area contributed by atoms with Gasteiger partial charge in [0.25, 0.3) is 0 Å². The van der Waals surface area contributed by atoms with E-state index < -0.39 is 0 Å². The lowest BCUT2D eigenvalue weighted by Crippen LogP contribution is -2.35. The molecule has 0 atom stereocenters. The predicted octanol–water partition coefficient (Wildman–Crippen LogP) is 3.24. The van der Waals surface area contributed by atoms with Gasteiger partial charge in [0.15, 0.2) is 23.2 Å². The fourth-order valence-corrected chi connectivity index (χ4v) is 4.72. The van der Waals surface area contributed by atoms with Crippen LogP contribution in [0.25, 0.3) is 11.3 Å². The van der Waals surface area contributed by atoms with Crippen LogP contribution in [-0.2, 0) is 6.54 Å². The molecular formula is C25H32FN7O2. The third kappa shape index (κ3) is 4.88. The van der Waals surface area contributed by atoms with Gasteiger partial charge in [0.1, 0.15) is 18.8 Å². The van der Waals surface area contributed by atoms with Crippen LogP contribution >= 0.6 is 0 Å². The molecule has 2 aromatic heterocycles. The number of halogens is 1. The second kappa shape index (κ2) is 10.1. The van der Waals surface area contributed by atoms with Gasteiger partial charge in [0, 0.05) is 43.9 Å². The van der Waals surface area contributed by atoms with Crippen molar-refractivity contribution in [3.8, 4) is 22.8 Å². The number of hydrogen-bond donors (Lipinski definition) is 1. The number of imidazole rings is 1. The van der Waals surface area contributed by atoms with Gasteiger partial charge in [0.05, 0.1) is 19.3 Å². The smallest absolute Gasteiger partial charge is 0.204 e. The molecule has 0 radical (unpaired) electrons. The summed E-state index contributed by atoms with van der Waals surface area (Å²) < 4.78 is 27.3. The monoisotopic (exact) mass is 481 g/mol. The molecule has 0 aliphatic carbocycles. The van der Waals surface area contributed by atoms with Gasteiger partial charge >= 0.3 is 0 Å². The summed E-state index contributed by atoms with van der Waals surface area (Å²) in [5.74, 6) is 3.62. The van der Waals surface area contributed by atoms with Crippen LogP contribution < -0.4 is 19.7 Å². The average molecular weight is 482 g/mol. The van der Waals surface area contributed by atoms with Crippen LogP contribution in [-0.4, -0.2) is 78.4 Å². The van der Waals surface area contributed by atoms with E-state index in [0.717, 1.165) is 80.0 Å². The van der Waals surface area contributed by atoms with Crippen LogP contribution in [0.5, 0.6) is 11.5 Å². The molecule has 0 amide bonds. The van der Waals surface area contributed by atoms with Crippen LogP contribution in [0, 0.1) is 5.82 Å². The number of methoxy groups -OCH3 is 1. The molecule has 5 rings (SSSR count). The molecule has 0 bridgehead atoms. The van der Waals surface area contributed by atoms with Gasteiger partial charge in [-0.2, -0.15) is 0 Å². The van der Waals surface area contributed by atoms with Crippen LogP contribution in [0.4, 0.5) is 16.0 Å². The minimum absolute atomic E-state index is 0.227. The van der Waals surface area contributed by atoms with E-state index in [4.69, 9.17) is 14.5 Å². The van der Waals surface area contributed by atoms with Crippen LogP contribution in [0.1, 0.15) is 24.6 Å². The average Bonchev–Trinajstić information content (AvgIpc) is 3.32. The second-order valence-corrected chi connectivity index (χ2v) is 9.24. The molecule has 1 N–H and O–H groups in total. The zero-order valence-corrected chi connectivity index (χ0v) is 20.5. The number of anilines is 2. The summed E-state index contributed by atoms with van der Waals surface area (Å²) in [6.45, 7) is 4.83. The first-order chi connectivity index (χ1) is 17.0. The Labute approximate surface area is 204 Å². The Bertz CT molecular complexity index is 1170. The van der Waals surface area contributed by atoms with Crippen LogP contribution in [0.2, 0.25) is 0 Å². The maximum atomic E-state index is 14.0. The first kappa shape index (κ1) is 23.3. The van der Waals surface area contributed by atoms with Crippen molar-refractivity contribution >= 4 is 11.6 Å². The summed E-state index contributed by atoms with van der Waals surface area (Å²) in [5, 5.41) is 3.28. The Balaban J connectivity index is 1.37. The molecule has 3 aromatic rings. The van der Waals surface area contributed by atoms with E-state index in [1.54, 1.807) is 18.5 Å². The third-order valence-corrected chi connectivity index (χ3v) is 6.63. The van der Waals surface area contributed by atoms with Crippen molar-refractivity contribution in [1.29, 1.82) is 0 Å². The minimum Gasteiger partial charge on any atom is -0.494 e. The Morgan fingerprint density at radius 1 is 1.23 bits per heavy atom. The van der Waals surface area contributed by atoms with Crippen molar-refractivity contribution in [1.82, 2.24) is 24.4 Å². The number of fused-ring (bicyclic) bond motifs is 1. The SMILES string of the molecule is COc1cc(-c2cn(CCN(C)C)c(C3CCN(c4ncnc5c4OCCN5)CC3)n2)ccc1F. The number of nitrogens with zero attached hydrogens (tertiary/aromatic N) is 6. The highest BCUT2D eigenvalue weighted by Gasteiger charge is 2.29. The van der Waals surface area contributed by atoms with Gasteiger partial charge in [0.2, 0.25) is 5.75 Å². The van der Waals surface area contributed by atoms with E-state index in [2.05, 4.69) is 49.9 Å². The largest absolute Gasteiger partial charge is 0.494 e. The Morgan fingerprint density at radius 2 is 2.06 bits per heavy atom. The Kier molecular flexibility index (Phi) is 6.72. The molecule has 9 nitrogen and oxygen atoms in total. The van der Waals surface area contributed by atoms with Gasteiger partial charge < -0.3 is 29.2 Å². The number of hydrogen-bond acceptors (Lipinski definition) is 8. The Hall–Kier alpha value is -3.40. The van der Waals surface area contributed by atoms with Crippen molar-refractivity contribution in [3.63, 3.8) is 0 Å². The zero-order chi connectivity index (χ0) is 24.4. The summed E-state index contributed by atoms with van der Waals surface area (Å²) in [4.78, 5) is 18.3. The van der Waals surface area contributed by atoms with Gasteiger partial charge in [-0.15, -0.1) is 0 Å². The van der Waals surface area contributed by atoms with E-state index >= 15 is 0 Å². The molecule has 35 heavy (non-hydrogen) atoms. The summed E-state index contributed by atoms with van der Waals surface area (Å²) in [5.41, 5.74) is 1.69. The number of benzene rings is 1. The molecular weight excluding hydrogens is 449 g/mol. The van der Waals surface area contributed by atoms with Crippen LogP contribution in [0.3, 0.4) is 0 Å². The van der Waals surface area contributed by atoms with E-state index in [1.165, 1.54) is 13.2 Å². The normalized spacial score (nSPS) is 16.1. The fraction of sp³-hybridized carbons (Fsp3) is 0.480. The quantitative estimate of drug-likeness (QED) is 0.551. The van der Waals surface area contributed by atoms with E-state index in [1.807, 2.05) is 0 Å². The lowest BCUT2D eigenvalue weighted by atomic mass is 9.95. The molecule has 0 unspecified atom stereocenters. The molecule has 186 valence electrons. The molecule has 0 spiro atoms. The fourth-order valence-electron chi connectivity index (χ4n) is 4.72. The van der Waals surface area contributed by atoms with Crippen molar-refractivity contribution in [2.75, 3.05) is 64.2 Å². The maximum Gasteiger partial charge on any atom is 0.204 e. The highest BCUT2D eigenvalue weighted by Crippen LogP contribution is 2.38. The number of piperidine rings is 1. The van der Waals surface area contributed by atoms with Crippen molar-refractivity contribution in [2.24, 2.45) is 0 Å². The lowest BCUT2D eigenvalue weighted by Gasteiger charge is -2.34. The summed E-state index contributed by atoms with van der Waals surface area (Å²) in [6.07, 6.45) is 5.59. The maximum absolute atomic E-state index is 14.0. The highest BCUT2D eigenvalue weighted by molar-refractivity contribution is 5.66. The van der Waals surface area contributed by atoms with Gasteiger partial charge in [-0.25, -0.2) is 19.3 Å². The first-order valence-corrected chi connectivity index (χ1v) is 12.1. The highest BCUT2D eigenvalue weighted by atomic mass is 19.1. The summed E-state index contributed by atoms with van der Waals surface area (Å²) in [7, 11) is 5.62. The second-order valence-electron chi connectivity index (χ2n) is 9.24. The zero-order valence-electron chi connectivity index (χ0n) is 20.5. The lowest BCUT2D eigenvalue weighted by molar-refractivity contribution is 0.318. The Morgan fingerprint density at radius 3 is 2.83 bits per heavy atom. The standard InChI is InChI=1S/C25H32FN7O2/c1-31(2)11-12-33-15-20(18-4-5-19(26)21(14-18)34-3)30-24(33)17-6-9-32(10-7-17)25-22-23(28-16-29-25)27-8-13-35-22/h4-5,14-17H,6-13H2,1-3H3,(H,27,28,29). The van der Waals surface area contributed by atoms with Gasteiger partial charge in [-0.05, 0) is 45.1 Å². The van der Waals surface area contributed by atoms with Gasteiger partial charge in [-0.3, -0.25) is 0 Å². The van der Waals surface area contributed by atoms with E-state index in [0.29, 0.717) is 12.5 Å². The topological polar surface area (TPSA) is 80.6 Å². The molecule has 1 saturated heterocycles.